The standard InChI is InChI=1S/C26H36N4O7/c1-35-23-14-19(18-32)5-6-20(23)15-29(26(34)28-8-12-36-13-9-28)16-21-17-30(24-4-2-3-11-37-24)27-25(21)22(33)7-10-31/h5-6,14,17,24,31-32H,2-4,7-13,15-16,18H2,1H3. The van der Waals surface area contributed by atoms with Crippen LogP contribution in [0.25, 0.3) is 0 Å². The average molecular weight is 517 g/mol. The molecule has 2 saturated heterocycles. The van der Waals surface area contributed by atoms with Gasteiger partial charge in [0.05, 0.1) is 46.6 Å². The summed E-state index contributed by atoms with van der Waals surface area (Å²) in [7, 11) is 1.55. The van der Waals surface area contributed by atoms with E-state index in [1.807, 2.05) is 6.07 Å². The van der Waals surface area contributed by atoms with Gasteiger partial charge in [-0.2, -0.15) is 5.10 Å². The van der Waals surface area contributed by atoms with Crippen LogP contribution in [0, 0.1) is 0 Å². The van der Waals surface area contributed by atoms with Gasteiger partial charge in [-0.3, -0.25) is 4.79 Å². The summed E-state index contributed by atoms with van der Waals surface area (Å²) in [5.41, 5.74) is 2.32. The van der Waals surface area contributed by atoms with Crippen molar-refractivity contribution < 1.29 is 34.0 Å². The van der Waals surface area contributed by atoms with E-state index in [9.17, 15) is 19.8 Å². The fraction of sp³-hybridized carbons (Fsp3) is 0.577. The Hall–Kier alpha value is -2.99. The van der Waals surface area contributed by atoms with Gasteiger partial charge in [-0.05, 0) is 30.9 Å². The third-order valence-electron chi connectivity index (χ3n) is 6.67. The summed E-state index contributed by atoms with van der Waals surface area (Å²) in [5.74, 6) is 0.282. The van der Waals surface area contributed by atoms with Gasteiger partial charge < -0.3 is 34.2 Å². The molecule has 2 aliphatic rings. The van der Waals surface area contributed by atoms with Gasteiger partial charge in [0.1, 0.15) is 17.7 Å². The fourth-order valence-electron chi connectivity index (χ4n) is 4.65. The zero-order valence-corrected chi connectivity index (χ0v) is 21.3. The molecule has 1 atom stereocenters. The predicted molar refractivity (Wildman–Crippen MR) is 133 cm³/mol. The topological polar surface area (TPSA) is 127 Å². The normalized spacial score (nSPS) is 18.0. The number of urea groups is 1. The van der Waals surface area contributed by atoms with Crippen LogP contribution in [-0.2, 0) is 29.2 Å². The Morgan fingerprint density at radius 1 is 1.14 bits per heavy atom. The van der Waals surface area contributed by atoms with Gasteiger partial charge >= 0.3 is 6.03 Å². The Kier molecular flexibility index (Phi) is 9.51. The molecule has 3 heterocycles. The minimum Gasteiger partial charge on any atom is -0.496 e. The summed E-state index contributed by atoms with van der Waals surface area (Å²) in [6.07, 6.45) is 4.25. The monoisotopic (exact) mass is 516 g/mol. The Morgan fingerprint density at radius 3 is 2.59 bits per heavy atom. The first-order valence-electron chi connectivity index (χ1n) is 12.8. The maximum atomic E-state index is 13.7. The van der Waals surface area contributed by atoms with Gasteiger partial charge in [0.15, 0.2) is 5.78 Å². The van der Waals surface area contributed by atoms with E-state index in [4.69, 9.17) is 14.2 Å². The first-order valence-corrected chi connectivity index (χ1v) is 12.8. The molecule has 202 valence electrons. The average Bonchev–Trinajstić information content (AvgIpc) is 3.37. The van der Waals surface area contributed by atoms with Gasteiger partial charge in [-0.15, -0.1) is 0 Å². The molecular weight excluding hydrogens is 480 g/mol. The molecule has 4 rings (SSSR count). The number of ether oxygens (including phenoxy) is 3. The van der Waals surface area contributed by atoms with Crippen LogP contribution in [0.5, 0.6) is 5.75 Å². The number of benzene rings is 1. The molecule has 0 aliphatic carbocycles. The molecule has 1 unspecified atom stereocenters. The van der Waals surface area contributed by atoms with Crippen LogP contribution in [0.3, 0.4) is 0 Å². The number of carbonyl (C=O) groups excluding carboxylic acids is 2. The number of aliphatic hydroxyl groups is 2. The molecule has 37 heavy (non-hydrogen) atoms. The number of rotatable bonds is 10. The summed E-state index contributed by atoms with van der Waals surface area (Å²) < 4.78 is 18.5. The lowest BCUT2D eigenvalue weighted by atomic mass is 10.1. The number of methoxy groups -OCH3 is 1. The van der Waals surface area contributed by atoms with E-state index in [2.05, 4.69) is 5.10 Å². The third kappa shape index (κ3) is 6.67. The Bertz CT molecular complexity index is 1060. The summed E-state index contributed by atoms with van der Waals surface area (Å²) in [6, 6.07) is 5.20. The van der Waals surface area contributed by atoms with Crippen molar-refractivity contribution in [1.82, 2.24) is 19.6 Å². The van der Waals surface area contributed by atoms with Crippen molar-refractivity contribution in [2.75, 3.05) is 46.6 Å². The second kappa shape index (κ2) is 13.0. The quantitative estimate of drug-likeness (QED) is 0.460. The third-order valence-corrected chi connectivity index (χ3v) is 6.67. The highest BCUT2D eigenvalue weighted by molar-refractivity contribution is 5.95. The van der Waals surface area contributed by atoms with Crippen LogP contribution in [0.1, 0.15) is 59.1 Å². The lowest BCUT2D eigenvalue weighted by Crippen LogP contribution is -2.47. The lowest BCUT2D eigenvalue weighted by molar-refractivity contribution is -0.0396. The second-order valence-corrected chi connectivity index (χ2v) is 9.24. The van der Waals surface area contributed by atoms with E-state index >= 15 is 0 Å². The van der Waals surface area contributed by atoms with Gasteiger partial charge in [0.2, 0.25) is 0 Å². The molecule has 2 fully saturated rings. The number of aromatic nitrogens is 2. The molecule has 2 amide bonds. The Morgan fingerprint density at radius 2 is 1.92 bits per heavy atom. The van der Waals surface area contributed by atoms with Crippen molar-refractivity contribution in [2.24, 2.45) is 0 Å². The van der Waals surface area contributed by atoms with Crippen LogP contribution in [0.2, 0.25) is 0 Å². The Labute approximate surface area is 216 Å². The van der Waals surface area contributed by atoms with Gasteiger partial charge in [-0.25, -0.2) is 9.48 Å². The number of aliphatic hydroxyl groups excluding tert-OH is 2. The van der Waals surface area contributed by atoms with Crippen molar-refractivity contribution in [3.05, 3.63) is 46.8 Å². The first kappa shape index (κ1) is 27.1. The number of carbonyl (C=O) groups is 2. The highest BCUT2D eigenvalue weighted by Gasteiger charge is 2.28. The Balaban J connectivity index is 1.66. The van der Waals surface area contributed by atoms with Crippen molar-refractivity contribution in [2.45, 2.75) is 51.6 Å². The number of amides is 2. The molecular formula is C26H36N4O7. The highest BCUT2D eigenvalue weighted by Crippen LogP contribution is 2.27. The number of morpholine rings is 1. The van der Waals surface area contributed by atoms with Crippen LogP contribution in [0.15, 0.2) is 24.4 Å². The minimum absolute atomic E-state index is 0.0522. The molecule has 11 nitrogen and oxygen atoms in total. The summed E-state index contributed by atoms with van der Waals surface area (Å²) in [5, 5.41) is 23.4. The number of ketones is 1. The maximum Gasteiger partial charge on any atom is 0.320 e. The summed E-state index contributed by atoms with van der Waals surface area (Å²) in [6.45, 7) is 2.47. The van der Waals surface area contributed by atoms with E-state index < -0.39 is 0 Å². The largest absolute Gasteiger partial charge is 0.496 e. The molecule has 2 N–H and O–H groups in total. The van der Waals surface area contributed by atoms with Crippen LogP contribution < -0.4 is 4.74 Å². The van der Waals surface area contributed by atoms with E-state index in [1.54, 1.807) is 39.9 Å². The first-order chi connectivity index (χ1) is 18.0. The number of hydrogen-bond acceptors (Lipinski definition) is 8. The van der Waals surface area contributed by atoms with Crippen molar-refractivity contribution in [3.8, 4) is 5.75 Å². The number of hydrogen-bond donors (Lipinski definition) is 2. The molecule has 1 aromatic heterocycles. The van der Waals surface area contributed by atoms with Crippen LogP contribution >= 0.6 is 0 Å². The lowest BCUT2D eigenvalue weighted by Gasteiger charge is -2.33. The zero-order chi connectivity index (χ0) is 26.2. The smallest absolute Gasteiger partial charge is 0.320 e. The fourth-order valence-corrected chi connectivity index (χ4v) is 4.65. The number of nitrogens with zero attached hydrogens (tertiary/aromatic N) is 4. The molecule has 0 bridgehead atoms. The zero-order valence-electron chi connectivity index (χ0n) is 21.3. The molecule has 0 saturated carbocycles. The highest BCUT2D eigenvalue weighted by atomic mass is 16.5. The van der Waals surface area contributed by atoms with E-state index in [1.165, 1.54) is 0 Å². The summed E-state index contributed by atoms with van der Waals surface area (Å²) >= 11 is 0. The van der Waals surface area contributed by atoms with Gasteiger partial charge in [0, 0.05) is 43.4 Å². The molecule has 0 radical (unpaired) electrons. The van der Waals surface area contributed by atoms with Crippen molar-refractivity contribution in [3.63, 3.8) is 0 Å². The minimum atomic E-state index is -0.282. The SMILES string of the molecule is COc1cc(CO)ccc1CN(Cc1cn(C2CCCCO2)nc1C(=O)CCO)C(=O)N1CCOCC1. The second-order valence-electron chi connectivity index (χ2n) is 9.24. The van der Waals surface area contributed by atoms with E-state index in [0.717, 1.165) is 24.8 Å². The van der Waals surface area contributed by atoms with Crippen LogP contribution in [-0.4, -0.2) is 88.2 Å². The molecule has 0 spiro atoms. The predicted octanol–water partition coefficient (Wildman–Crippen LogP) is 2.10. The van der Waals surface area contributed by atoms with E-state index in [-0.39, 0.29) is 56.5 Å². The molecule has 2 aromatic rings. The maximum absolute atomic E-state index is 13.7. The molecule has 11 heteroatoms. The molecule has 1 aromatic carbocycles. The van der Waals surface area contributed by atoms with Gasteiger partial charge in [0.25, 0.3) is 0 Å². The van der Waals surface area contributed by atoms with Crippen molar-refractivity contribution >= 4 is 11.8 Å². The van der Waals surface area contributed by atoms with Crippen molar-refractivity contribution in [1.29, 1.82) is 0 Å². The van der Waals surface area contributed by atoms with E-state index in [0.29, 0.717) is 49.8 Å². The molecule has 2 aliphatic heterocycles. The number of Topliss-reactive ketones (excluding diaryl/α,β-unsaturated/α-hetero) is 1. The summed E-state index contributed by atoms with van der Waals surface area (Å²) in [4.78, 5) is 30.0. The van der Waals surface area contributed by atoms with Gasteiger partial charge in [-0.1, -0.05) is 12.1 Å². The van der Waals surface area contributed by atoms with Crippen LogP contribution in [0.4, 0.5) is 4.79 Å².